The number of nitrogens with one attached hydrogen (secondary N) is 2. The van der Waals surface area contributed by atoms with E-state index in [0.717, 1.165) is 24.0 Å². The molecule has 3 aromatic rings. The largest absolute Gasteiger partial charge is 0.419 e. The van der Waals surface area contributed by atoms with E-state index in [0.29, 0.717) is 34.7 Å². The summed E-state index contributed by atoms with van der Waals surface area (Å²) in [5, 5.41) is 8.18. The molecule has 1 aromatic carbocycles. The van der Waals surface area contributed by atoms with Gasteiger partial charge in [0.25, 0.3) is 5.89 Å². The van der Waals surface area contributed by atoms with Gasteiger partial charge in [0.05, 0.1) is 0 Å². The van der Waals surface area contributed by atoms with Crippen LogP contribution in [0.15, 0.2) is 27.5 Å². The van der Waals surface area contributed by atoms with E-state index in [1.807, 2.05) is 32.0 Å². The number of hydrogen-bond acceptors (Lipinski definition) is 5. The van der Waals surface area contributed by atoms with Crippen LogP contribution < -0.4 is 4.72 Å². The van der Waals surface area contributed by atoms with Crippen molar-refractivity contribution in [3.63, 3.8) is 0 Å². The molecule has 1 fully saturated rings. The van der Waals surface area contributed by atoms with Crippen LogP contribution in [0.4, 0.5) is 0 Å². The van der Waals surface area contributed by atoms with Gasteiger partial charge in [0.2, 0.25) is 15.9 Å². The lowest BCUT2D eigenvalue weighted by atomic mass is 10.1. The van der Waals surface area contributed by atoms with Crippen LogP contribution in [0, 0.1) is 27.7 Å². The van der Waals surface area contributed by atoms with Crippen molar-refractivity contribution in [2.75, 3.05) is 0 Å². The molecular weight excluding hydrogens is 376 g/mol. The topological polar surface area (TPSA) is 101 Å². The van der Waals surface area contributed by atoms with Crippen molar-refractivity contribution in [2.24, 2.45) is 0 Å². The van der Waals surface area contributed by atoms with Gasteiger partial charge in [-0.3, -0.25) is 0 Å². The molecule has 0 radical (unpaired) electrons. The third-order valence-corrected chi connectivity index (χ3v) is 6.93. The molecule has 0 spiro atoms. The first kappa shape index (κ1) is 18.9. The van der Waals surface area contributed by atoms with Gasteiger partial charge in [-0.05, 0) is 62.8 Å². The Balaban J connectivity index is 1.60. The second-order valence-corrected chi connectivity index (χ2v) is 9.25. The second kappa shape index (κ2) is 6.86. The van der Waals surface area contributed by atoms with Crippen LogP contribution in [-0.4, -0.2) is 23.6 Å². The van der Waals surface area contributed by atoms with Gasteiger partial charge < -0.3 is 9.40 Å². The maximum Gasteiger partial charge on any atom is 0.264 e. The predicted octanol–water partition coefficient (Wildman–Crippen LogP) is 3.65. The number of aryl methyl sites for hydroxylation is 3. The summed E-state index contributed by atoms with van der Waals surface area (Å²) in [7, 11) is -3.70. The summed E-state index contributed by atoms with van der Waals surface area (Å²) in [5.74, 6) is 1.30. The first-order valence-electron chi connectivity index (χ1n) is 9.35. The quantitative estimate of drug-likeness (QED) is 0.658. The van der Waals surface area contributed by atoms with Crippen molar-refractivity contribution in [1.29, 1.82) is 0 Å². The minimum atomic E-state index is -3.70. The van der Waals surface area contributed by atoms with Crippen molar-refractivity contribution in [3.8, 4) is 11.6 Å². The van der Waals surface area contributed by atoms with Crippen molar-refractivity contribution in [2.45, 2.75) is 57.9 Å². The maximum atomic E-state index is 13.0. The van der Waals surface area contributed by atoms with E-state index in [1.54, 1.807) is 13.8 Å². The summed E-state index contributed by atoms with van der Waals surface area (Å²) >= 11 is 0. The Morgan fingerprint density at radius 2 is 1.89 bits per heavy atom. The molecule has 28 heavy (non-hydrogen) atoms. The van der Waals surface area contributed by atoms with E-state index in [9.17, 15) is 8.42 Å². The van der Waals surface area contributed by atoms with Gasteiger partial charge in [-0.1, -0.05) is 18.2 Å². The number of hydrogen-bond donors (Lipinski definition) is 2. The number of benzene rings is 1. The van der Waals surface area contributed by atoms with Gasteiger partial charge in [0, 0.05) is 18.2 Å². The van der Waals surface area contributed by atoms with Crippen molar-refractivity contribution in [1.82, 2.24) is 19.9 Å². The monoisotopic (exact) mass is 400 g/mol. The number of aromatic nitrogens is 3. The van der Waals surface area contributed by atoms with Crippen molar-refractivity contribution >= 4 is 10.0 Å². The minimum Gasteiger partial charge on any atom is -0.419 e. The molecule has 0 saturated heterocycles. The molecule has 1 aliphatic carbocycles. The molecule has 0 bridgehead atoms. The zero-order valence-corrected chi connectivity index (χ0v) is 17.3. The van der Waals surface area contributed by atoms with E-state index in [4.69, 9.17) is 4.42 Å². The fraction of sp³-hybridized carbons (Fsp3) is 0.400. The normalized spacial score (nSPS) is 14.6. The lowest BCUT2D eigenvalue weighted by Gasteiger charge is -2.09. The third kappa shape index (κ3) is 3.49. The maximum absolute atomic E-state index is 13.0. The molecule has 2 aromatic heterocycles. The van der Waals surface area contributed by atoms with E-state index in [2.05, 4.69) is 19.9 Å². The summed E-state index contributed by atoms with van der Waals surface area (Å²) in [6.45, 7) is 7.77. The zero-order valence-electron chi connectivity index (χ0n) is 16.5. The summed E-state index contributed by atoms with van der Waals surface area (Å²) in [4.78, 5) is 3.34. The molecule has 0 unspecified atom stereocenters. The highest BCUT2D eigenvalue weighted by Crippen LogP contribution is 2.40. The Morgan fingerprint density at radius 3 is 2.57 bits per heavy atom. The number of nitrogens with zero attached hydrogens (tertiary/aromatic N) is 2. The highest BCUT2D eigenvalue weighted by Gasteiger charge is 2.31. The molecule has 0 atom stereocenters. The molecule has 4 rings (SSSR count). The molecule has 2 heterocycles. The van der Waals surface area contributed by atoms with Crippen LogP contribution in [0.2, 0.25) is 0 Å². The van der Waals surface area contributed by atoms with E-state index in [-0.39, 0.29) is 11.4 Å². The van der Waals surface area contributed by atoms with Gasteiger partial charge in [-0.15, -0.1) is 10.2 Å². The Morgan fingerprint density at radius 1 is 1.14 bits per heavy atom. The fourth-order valence-corrected chi connectivity index (χ4v) is 4.80. The van der Waals surface area contributed by atoms with Gasteiger partial charge in [-0.2, -0.15) is 0 Å². The highest BCUT2D eigenvalue weighted by molar-refractivity contribution is 7.89. The molecule has 1 saturated carbocycles. The highest BCUT2D eigenvalue weighted by atomic mass is 32.2. The SMILES string of the molecule is Cc1ccc(CNS(=O)(=O)c2c(C)[nH]c(-c3nnc(C4CC4)o3)c2C)cc1C. The van der Waals surface area contributed by atoms with Crippen molar-refractivity contribution < 1.29 is 12.8 Å². The Labute approximate surface area is 164 Å². The molecule has 8 heteroatoms. The molecule has 1 aliphatic rings. The smallest absolute Gasteiger partial charge is 0.264 e. The summed E-state index contributed by atoms with van der Waals surface area (Å²) in [6, 6.07) is 5.93. The molecule has 2 N–H and O–H groups in total. The van der Waals surface area contributed by atoms with Gasteiger partial charge >= 0.3 is 0 Å². The van der Waals surface area contributed by atoms with Gasteiger partial charge in [-0.25, -0.2) is 13.1 Å². The first-order chi connectivity index (χ1) is 13.3. The average Bonchev–Trinajstić information content (AvgIpc) is 3.29. The van der Waals surface area contributed by atoms with Crippen LogP contribution >= 0.6 is 0 Å². The van der Waals surface area contributed by atoms with Crippen LogP contribution in [0.5, 0.6) is 0 Å². The predicted molar refractivity (Wildman–Crippen MR) is 105 cm³/mol. The minimum absolute atomic E-state index is 0.231. The van der Waals surface area contributed by atoms with Crippen LogP contribution in [-0.2, 0) is 16.6 Å². The second-order valence-electron chi connectivity index (χ2n) is 7.54. The summed E-state index contributed by atoms with van der Waals surface area (Å²) in [5.41, 5.74) is 4.92. The standard InChI is InChI=1S/C20H24N4O3S/c1-11-5-6-15(9-12(11)2)10-21-28(25,26)18-13(3)17(22-14(18)4)20-24-23-19(27-20)16-7-8-16/h5-6,9,16,21-22H,7-8,10H2,1-4H3. The van der Waals surface area contributed by atoms with Gasteiger partial charge in [0.15, 0.2) is 0 Å². The molecule has 0 amide bonds. The molecule has 148 valence electrons. The molecular formula is C20H24N4O3S. The van der Waals surface area contributed by atoms with E-state index >= 15 is 0 Å². The number of H-pyrrole nitrogens is 1. The van der Waals surface area contributed by atoms with Gasteiger partial charge in [0.1, 0.15) is 10.6 Å². The fourth-order valence-electron chi connectivity index (χ4n) is 3.34. The van der Waals surface area contributed by atoms with Crippen molar-refractivity contribution in [3.05, 3.63) is 52.0 Å². The lowest BCUT2D eigenvalue weighted by molar-refractivity contribution is 0.507. The number of aromatic amines is 1. The molecule has 7 nitrogen and oxygen atoms in total. The van der Waals surface area contributed by atoms with E-state index < -0.39 is 10.0 Å². The third-order valence-electron chi connectivity index (χ3n) is 5.26. The Bertz CT molecular complexity index is 1140. The number of rotatable bonds is 6. The van der Waals surface area contributed by atoms with E-state index in [1.165, 1.54) is 5.56 Å². The lowest BCUT2D eigenvalue weighted by Crippen LogP contribution is -2.24. The van der Waals surface area contributed by atoms with Crippen LogP contribution in [0.25, 0.3) is 11.6 Å². The molecule has 0 aliphatic heterocycles. The first-order valence-corrected chi connectivity index (χ1v) is 10.8. The van der Waals surface area contributed by atoms with Crippen LogP contribution in [0.3, 0.4) is 0 Å². The summed E-state index contributed by atoms with van der Waals surface area (Å²) < 4.78 is 34.4. The Hall–Kier alpha value is -2.45. The number of sulfonamides is 1. The summed E-state index contributed by atoms with van der Waals surface area (Å²) in [6.07, 6.45) is 2.12. The zero-order chi connectivity index (χ0) is 20.1. The Kier molecular flexibility index (Phi) is 4.63. The van der Waals surface area contributed by atoms with Crippen LogP contribution in [0.1, 0.15) is 52.6 Å². The average molecular weight is 401 g/mol.